The molecule has 0 bridgehead atoms. The standard InChI is InChI=1S/C17H14BrNO/c1-11-7-15(18)17(20)16-14(11)9-13(10-19-16)8-12-5-3-2-4-6-12/h2-7,9-10,20H,8H2,1H3. The van der Waals surface area contributed by atoms with Crippen LogP contribution in [0.15, 0.2) is 53.1 Å². The molecule has 0 saturated carbocycles. The zero-order chi connectivity index (χ0) is 14.1. The number of aryl methyl sites for hydroxylation is 1. The van der Waals surface area contributed by atoms with E-state index < -0.39 is 0 Å². The third-order valence-corrected chi connectivity index (χ3v) is 4.02. The van der Waals surface area contributed by atoms with Crippen LogP contribution in [0.5, 0.6) is 5.75 Å². The van der Waals surface area contributed by atoms with Crippen LogP contribution in [0.25, 0.3) is 10.9 Å². The molecule has 2 nitrogen and oxygen atoms in total. The molecular formula is C17H14BrNO. The van der Waals surface area contributed by atoms with Crippen LogP contribution in [0.4, 0.5) is 0 Å². The van der Waals surface area contributed by atoms with Crippen molar-refractivity contribution in [3.05, 3.63) is 69.8 Å². The van der Waals surface area contributed by atoms with Gasteiger partial charge in [0.1, 0.15) is 5.52 Å². The first-order valence-corrected chi connectivity index (χ1v) is 7.25. The summed E-state index contributed by atoms with van der Waals surface area (Å²) in [6.07, 6.45) is 2.68. The molecule has 0 amide bonds. The Morgan fingerprint density at radius 2 is 1.85 bits per heavy atom. The minimum atomic E-state index is 0.205. The molecule has 1 aromatic heterocycles. The van der Waals surface area contributed by atoms with Crippen LogP contribution in [-0.4, -0.2) is 10.1 Å². The number of fused-ring (bicyclic) bond motifs is 1. The van der Waals surface area contributed by atoms with Gasteiger partial charge in [-0.1, -0.05) is 30.3 Å². The first-order chi connectivity index (χ1) is 9.65. The molecule has 1 heterocycles. The molecule has 20 heavy (non-hydrogen) atoms. The number of benzene rings is 2. The van der Waals surface area contributed by atoms with Gasteiger partial charge in [0.25, 0.3) is 0 Å². The van der Waals surface area contributed by atoms with E-state index >= 15 is 0 Å². The number of pyridine rings is 1. The van der Waals surface area contributed by atoms with E-state index in [2.05, 4.69) is 39.1 Å². The maximum Gasteiger partial charge on any atom is 0.156 e. The summed E-state index contributed by atoms with van der Waals surface area (Å²) in [4.78, 5) is 4.42. The minimum Gasteiger partial charge on any atom is -0.505 e. The zero-order valence-electron chi connectivity index (χ0n) is 11.1. The third kappa shape index (κ3) is 2.41. The lowest BCUT2D eigenvalue weighted by molar-refractivity contribution is 0.477. The van der Waals surface area contributed by atoms with Gasteiger partial charge in [-0.3, -0.25) is 4.98 Å². The largest absolute Gasteiger partial charge is 0.505 e. The topological polar surface area (TPSA) is 33.1 Å². The van der Waals surface area contributed by atoms with E-state index in [4.69, 9.17) is 0 Å². The van der Waals surface area contributed by atoms with E-state index in [0.717, 1.165) is 22.9 Å². The molecule has 100 valence electrons. The summed E-state index contributed by atoms with van der Waals surface area (Å²) in [5, 5.41) is 11.1. The van der Waals surface area contributed by atoms with Crippen LogP contribution >= 0.6 is 15.9 Å². The Morgan fingerprint density at radius 1 is 1.10 bits per heavy atom. The molecule has 0 aliphatic carbocycles. The second-order valence-corrected chi connectivity index (χ2v) is 5.78. The Kier molecular flexibility index (Phi) is 3.45. The van der Waals surface area contributed by atoms with Crippen molar-refractivity contribution in [2.75, 3.05) is 0 Å². The lowest BCUT2D eigenvalue weighted by atomic mass is 10.0. The van der Waals surface area contributed by atoms with Crippen molar-refractivity contribution in [1.29, 1.82) is 0 Å². The molecule has 0 atom stereocenters. The van der Waals surface area contributed by atoms with Gasteiger partial charge in [-0.2, -0.15) is 0 Å². The van der Waals surface area contributed by atoms with Crippen LogP contribution in [0, 0.1) is 6.92 Å². The van der Waals surface area contributed by atoms with Gasteiger partial charge in [-0.05, 0) is 58.1 Å². The molecule has 2 aromatic carbocycles. The van der Waals surface area contributed by atoms with Gasteiger partial charge < -0.3 is 5.11 Å². The molecule has 0 aliphatic rings. The monoisotopic (exact) mass is 327 g/mol. The predicted molar refractivity (Wildman–Crippen MR) is 85.1 cm³/mol. The lowest BCUT2D eigenvalue weighted by Crippen LogP contribution is -1.92. The van der Waals surface area contributed by atoms with E-state index in [0.29, 0.717) is 9.99 Å². The van der Waals surface area contributed by atoms with Gasteiger partial charge in [-0.15, -0.1) is 0 Å². The maximum absolute atomic E-state index is 10.1. The van der Waals surface area contributed by atoms with Gasteiger partial charge in [0, 0.05) is 11.6 Å². The average Bonchev–Trinajstić information content (AvgIpc) is 2.46. The van der Waals surface area contributed by atoms with Gasteiger partial charge in [-0.25, -0.2) is 0 Å². The Labute approximate surface area is 126 Å². The Morgan fingerprint density at radius 3 is 2.60 bits per heavy atom. The lowest BCUT2D eigenvalue weighted by Gasteiger charge is -2.08. The highest BCUT2D eigenvalue weighted by Crippen LogP contribution is 2.34. The summed E-state index contributed by atoms with van der Waals surface area (Å²) < 4.78 is 0.686. The van der Waals surface area contributed by atoms with E-state index in [1.165, 1.54) is 5.56 Å². The summed E-state index contributed by atoms with van der Waals surface area (Å²) in [6, 6.07) is 14.3. The van der Waals surface area contributed by atoms with Crippen molar-refractivity contribution in [1.82, 2.24) is 4.98 Å². The number of aromatic hydroxyl groups is 1. The molecule has 1 N–H and O–H groups in total. The molecular weight excluding hydrogens is 314 g/mol. The first-order valence-electron chi connectivity index (χ1n) is 6.46. The number of rotatable bonds is 2. The number of halogens is 1. The van der Waals surface area contributed by atoms with Gasteiger partial charge in [0.05, 0.1) is 4.47 Å². The molecule has 3 aromatic rings. The zero-order valence-corrected chi connectivity index (χ0v) is 12.7. The molecule has 3 heteroatoms. The van der Waals surface area contributed by atoms with Crippen LogP contribution in [-0.2, 0) is 6.42 Å². The fourth-order valence-electron chi connectivity index (χ4n) is 2.37. The van der Waals surface area contributed by atoms with E-state index in [-0.39, 0.29) is 5.75 Å². The van der Waals surface area contributed by atoms with Gasteiger partial charge in [0.15, 0.2) is 5.75 Å². The minimum absolute atomic E-state index is 0.205. The second kappa shape index (κ2) is 5.25. The second-order valence-electron chi connectivity index (χ2n) is 4.93. The van der Waals surface area contributed by atoms with Crippen molar-refractivity contribution in [3.63, 3.8) is 0 Å². The molecule has 3 rings (SSSR count). The number of hydrogen-bond donors (Lipinski definition) is 1. The Balaban J connectivity index is 2.07. The van der Waals surface area contributed by atoms with E-state index in [1.807, 2.05) is 37.4 Å². The number of aromatic nitrogens is 1. The summed E-state index contributed by atoms with van der Waals surface area (Å²) in [5.74, 6) is 0.205. The molecule has 0 saturated heterocycles. The normalized spacial score (nSPS) is 10.9. The third-order valence-electron chi connectivity index (χ3n) is 3.41. The number of phenolic OH excluding ortho intramolecular Hbond substituents is 1. The number of nitrogens with zero attached hydrogens (tertiary/aromatic N) is 1. The summed E-state index contributed by atoms with van der Waals surface area (Å²) in [6.45, 7) is 2.03. The number of hydrogen-bond acceptors (Lipinski definition) is 2. The van der Waals surface area contributed by atoms with E-state index in [1.54, 1.807) is 0 Å². The average molecular weight is 328 g/mol. The molecule has 0 unspecified atom stereocenters. The molecule has 0 radical (unpaired) electrons. The fourth-order valence-corrected chi connectivity index (χ4v) is 2.91. The van der Waals surface area contributed by atoms with Crippen molar-refractivity contribution in [3.8, 4) is 5.75 Å². The highest BCUT2D eigenvalue weighted by atomic mass is 79.9. The summed E-state index contributed by atoms with van der Waals surface area (Å²) in [5.41, 5.74) is 4.15. The molecule has 0 fully saturated rings. The van der Waals surface area contributed by atoms with Crippen LogP contribution in [0.3, 0.4) is 0 Å². The highest BCUT2D eigenvalue weighted by Gasteiger charge is 2.09. The fraction of sp³-hybridized carbons (Fsp3) is 0.118. The first kappa shape index (κ1) is 13.1. The predicted octanol–water partition coefficient (Wildman–Crippen LogP) is 4.60. The van der Waals surface area contributed by atoms with Crippen molar-refractivity contribution >= 4 is 26.8 Å². The van der Waals surface area contributed by atoms with E-state index in [9.17, 15) is 5.11 Å². The van der Waals surface area contributed by atoms with Gasteiger partial charge in [0.2, 0.25) is 0 Å². The molecule has 0 spiro atoms. The van der Waals surface area contributed by atoms with Crippen molar-refractivity contribution in [2.45, 2.75) is 13.3 Å². The SMILES string of the molecule is Cc1cc(Br)c(O)c2ncc(Cc3ccccc3)cc12. The number of phenols is 1. The quantitative estimate of drug-likeness (QED) is 0.746. The van der Waals surface area contributed by atoms with Crippen molar-refractivity contribution < 1.29 is 5.11 Å². The van der Waals surface area contributed by atoms with Crippen LogP contribution in [0.1, 0.15) is 16.7 Å². The van der Waals surface area contributed by atoms with Crippen molar-refractivity contribution in [2.24, 2.45) is 0 Å². The van der Waals surface area contributed by atoms with Crippen LogP contribution in [0.2, 0.25) is 0 Å². The Hall–Kier alpha value is -1.87. The Bertz CT molecular complexity index is 769. The molecule has 0 aliphatic heterocycles. The highest BCUT2D eigenvalue weighted by molar-refractivity contribution is 9.10. The maximum atomic E-state index is 10.1. The summed E-state index contributed by atoms with van der Waals surface area (Å²) >= 11 is 3.35. The van der Waals surface area contributed by atoms with Crippen LogP contribution < -0.4 is 0 Å². The summed E-state index contributed by atoms with van der Waals surface area (Å²) in [7, 11) is 0. The van der Waals surface area contributed by atoms with Gasteiger partial charge >= 0.3 is 0 Å². The smallest absolute Gasteiger partial charge is 0.156 e.